The van der Waals surface area contributed by atoms with Crippen LogP contribution >= 0.6 is 0 Å². The van der Waals surface area contributed by atoms with Crippen LogP contribution in [0.2, 0.25) is 0 Å². The molecule has 3 rings (SSSR count). The number of piperidine rings is 1. The molecular weight excluding hydrogens is 278 g/mol. The number of likely N-dealkylation sites (tertiary alicyclic amines) is 1. The van der Waals surface area contributed by atoms with Gasteiger partial charge in [0.25, 0.3) is 5.56 Å². The van der Waals surface area contributed by atoms with Crippen molar-refractivity contribution in [2.75, 3.05) is 19.6 Å². The van der Waals surface area contributed by atoms with E-state index >= 15 is 0 Å². The molecule has 2 atom stereocenters. The van der Waals surface area contributed by atoms with Gasteiger partial charge in [-0.2, -0.15) is 0 Å². The molecule has 0 aromatic carbocycles. The molecule has 120 valence electrons. The maximum absolute atomic E-state index is 12.4. The highest BCUT2D eigenvalue weighted by Gasteiger charge is 2.35. The number of nitrogens with zero attached hydrogens (tertiary/aromatic N) is 2. The minimum Gasteiger partial charge on any atom is -0.342 e. The fraction of sp³-hybridized carbons (Fsp3) is 0.647. The average Bonchev–Trinajstić information content (AvgIpc) is 2.52. The number of carbonyl (C=O) groups is 1. The van der Waals surface area contributed by atoms with E-state index in [2.05, 4.69) is 0 Å². The monoisotopic (exact) mass is 303 g/mol. The zero-order valence-corrected chi connectivity index (χ0v) is 13.0. The first kappa shape index (κ1) is 15.3. The number of hydrogen-bond acceptors (Lipinski definition) is 3. The van der Waals surface area contributed by atoms with Crippen LogP contribution in [0.1, 0.15) is 43.7 Å². The molecule has 0 unspecified atom stereocenters. The lowest BCUT2D eigenvalue weighted by molar-refractivity contribution is -0.134. The fourth-order valence-corrected chi connectivity index (χ4v) is 3.86. The third-order valence-corrected chi connectivity index (χ3v) is 4.93. The Labute approximate surface area is 131 Å². The Morgan fingerprint density at radius 1 is 1.18 bits per heavy atom. The first-order valence-corrected chi connectivity index (χ1v) is 8.36. The van der Waals surface area contributed by atoms with E-state index in [0.717, 1.165) is 51.0 Å². The van der Waals surface area contributed by atoms with Gasteiger partial charge in [0, 0.05) is 43.7 Å². The van der Waals surface area contributed by atoms with Crippen molar-refractivity contribution in [3.8, 4) is 0 Å². The van der Waals surface area contributed by atoms with Gasteiger partial charge in [-0.3, -0.25) is 9.59 Å². The first-order valence-electron chi connectivity index (χ1n) is 8.36. The highest BCUT2D eigenvalue weighted by atomic mass is 16.2. The van der Waals surface area contributed by atoms with E-state index in [1.54, 1.807) is 6.07 Å². The topological polar surface area (TPSA) is 68.3 Å². The number of carbonyl (C=O) groups excluding carboxylic acids is 1. The minimum atomic E-state index is 0.0914. The third kappa shape index (κ3) is 3.09. The predicted molar refractivity (Wildman–Crippen MR) is 85.7 cm³/mol. The largest absolute Gasteiger partial charge is 0.342 e. The Morgan fingerprint density at radius 3 is 2.86 bits per heavy atom. The summed E-state index contributed by atoms with van der Waals surface area (Å²) in [4.78, 5) is 26.4. The number of unbranched alkanes of at least 4 members (excludes halogenated alkanes) is 2. The van der Waals surface area contributed by atoms with Crippen LogP contribution < -0.4 is 11.3 Å². The maximum atomic E-state index is 12.4. The van der Waals surface area contributed by atoms with E-state index in [9.17, 15) is 9.59 Å². The molecule has 2 bridgehead atoms. The van der Waals surface area contributed by atoms with Crippen molar-refractivity contribution in [1.29, 1.82) is 0 Å². The van der Waals surface area contributed by atoms with Gasteiger partial charge >= 0.3 is 0 Å². The van der Waals surface area contributed by atoms with E-state index in [1.807, 2.05) is 21.6 Å². The van der Waals surface area contributed by atoms with Crippen LogP contribution in [0, 0.1) is 5.92 Å². The molecule has 1 fully saturated rings. The number of hydrogen-bond donors (Lipinski definition) is 1. The van der Waals surface area contributed by atoms with Crippen LogP contribution in [0.5, 0.6) is 0 Å². The molecule has 2 aliphatic rings. The number of pyridine rings is 1. The van der Waals surface area contributed by atoms with Gasteiger partial charge in [-0.25, -0.2) is 0 Å². The zero-order chi connectivity index (χ0) is 15.5. The molecular formula is C17H25N3O2. The molecule has 1 amide bonds. The summed E-state index contributed by atoms with van der Waals surface area (Å²) in [7, 11) is 0. The van der Waals surface area contributed by atoms with Crippen LogP contribution in [-0.2, 0) is 11.3 Å². The molecule has 22 heavy (non-hydrogen) atoms. The van der Waals surface area contributed by atoms with Crippen LogP contribution in [0.15, 0.2) is 23.0 Å². The van der Waals surface area contributed by atoms with Crippen LogP contribution in [0.25, 0.3) is 0 Å². The molecule has 1 aromatic rings. The van der Waals surface area contributed by atoms with Crippen molar-refractivity contribution >= 4 is 5.91 Å². The van der Waals surface area contributed by atoms with E-state index in [-0.39, 0.29) is 11.5 Å². The molecule has 3 heterocycles. The third-order valence-electron chi connectivity index (χ3n) is 4.93. The highest BCUT2D eigenvalue weighted by molar-refractivity contribution is 5.76. The summed E-state index contributed by atoms with van der Waals surface area (Å²) in [5, 5.41) is 0. The molecule has 2 N–H and O–H groups in total. The van der Waals surface area contributed by atoms with Crippen molar-refractivity contribution in [1.82, 2.24) is 9.47 Å². The van der Waals surface area contributed by atoms with E-state index in [0.29, 0.717) is 24.8 Å². The van der Waals surface area contributed by atoms with Gasteiger partial charge in [0.15, 0.2) is 0 Å². The number of nitrogens with two attached hydrogens (primary N) is 1. The van der Waals surface area contributed by atoms with Crippen molar-refractivity contribution < 1.29 is 4.79 Å². The number of fused-ring (bicyclic) bond motifs is 4. The highest BCUT2D eigenvalue weighted by Crippen LogP contribution is 2.35. The normalized spacial score (nSPS) is 23.2. The second-order valence-corrected chi connectivity index (χ2v) is 6.60. The van der Waals surface area contributed by atoms with Gasteiger partial charge in [0.1, 0.15) is 0 Å². The van der Waals surface area contributed by atoms with E-state index in [4.69, 9.17) is 5.73 Å². The summed E-state index contributed by atoms with van der Waals surface area (Å²) in [5.74, 6) is 0.993. The smallest absolute Gasteiger partial charge is 0.250 e. The second kappa shape index (κ2) is 6.65. The standard InChI is InChI=1S/C17H25N3O2/c18-8-3-1-2-6-16(21)19-10-13-9-14(12-19)15-5-4-7-17(22)20(15)11-13/h4-5,7,13-14H,1-3,6,8-12,18H2/t13-,14+/m0/s1. The summed E-state index contributed by atoms with van der Waals surface area (Å²) in [5.41, 5.74) is 6.68. The summed E-state index contributed by atoms with van der Waals surface area (Å²) in [6, 6.07) is 5.50. The lowest BCUT2D eigenvalue weighted by Gasteiger charge is -2.42. The lowest BCUT2D eigenvalue weighted by atomic mass is 9.83. The van der Waals surface area contributed by atoms with Gasteiger partial charge in [0.05, 0.1) is 0 Å². The lowest BCUT2D eigenvalue weighted by Crippen LogP contribution is -2.49. The zero-order valence-electron chi connectivity index (χ0n) is 13.0. The predicted octanol–water partition coefficient (Wildman–Crippen LogP) is 1.31. The van der Waals surface area contributed by atoms with Gasteiger partial charge in [-0.15, -0.1) is 0 Å². The van der Waals surface area contributed by atoms with Gasteiger partial charge in [-0.1, -0.05) is 12.5 Å². The fourth-order valence-electron chi connectivity index (χ4n) is 3.86. The Kier molecular flexibility index (Phi) is 4.62. The number of aromatic nitrogens is 1. The molecule has 1 saturated heterocycles. The SMILES string of the molecule is NCCCCCC(=O)N1C[C@@H]2C[C@H](C1)c1cccc(=O)n1C2. The number of rotatable bonds is 5. The van der Waals surface area contributed by atoms with Gasteiger partial charge in [-0.05, 0) is 37.8 Å². The van der Waals surface area contributed by atoms with Gasteiger partial charge in [0.2, 0.25) is 5.91 Å². The molecule has 5 nitrogen and oxygen atoms in total. The van der Waals surface area contributed by atoms with Crippen LogP contribution in [-0.4, -0.2) is 35.0 Å². The van der Waals surface area contributed by atoms with Gasteiger partial charge < -0.3 is 15.2 Å². The Bertz CT molecular complexity index is 596. The molecule has 2 aliphatic heterocycles. The van der Waals surface area contributed by atoms with Crippen LogP contribution in [0.4, 0.5) is 0 Å². The quantitative estimate of drug-likeness (QED) is 0.834. The van der Waals surface area contributed by atoms with E-state index < -0.39 is 0 Å². The Hall–Kier alpha value is -1.62. The number of amides is 1. The Morgan fingerprint density at radius 2 is 2.05 bits per heavy atom. The molecule has 0 radical (unpaired) electrons. The summed E-state index contributed by atoms with van der Waals surface area (Å²) >= 11 is 0. The second-order valence-electron chi connectivity index (χ2n) is 6.60. The molecule has 5 heteroatoms. The van der Waals surface area contributed by atoms with Crippen molar-refractivity contribution in [3.63, 3.8) is 0 Å². The average molecular weight is 303 g/mol. The van der Waals surface area contributed by atoms with Crippen molar-refractivity contribution in [2.24, 2.45) is 11.7 Å². The van der Waals surface area contributed by atoms with Crippen molar-refractivity contribution in [3.05, 3.63) is 34.2 Å². The molecule has 1 aromatic heterocycles. The summed E-state index contributed by atoms with van der Waals surface area (Å²) in [6.07, 6.45) is 4.68. The van der Waals surface area contributed by atoms with E-state index in [1.165, 1.54) is 0 Å². The maximum Gasteiger partial charge on any atom is 0.250 e. The van der Waals surface area contributed by atoms with Crippen LogP contribution in [0.3, 0.4) is 0 Å². The molecule has 0 saturated carbocycles. The van der Waals surface area contributed by atoms with Crippen molar-refractivity contribution in [2.45, 2.75) is 44.6 Å². The Balaban J connectivity index is 1.66. The minimum absolute atomic E-state index is 0.0914. The molecule has 0 spiro atoms. The molecule has 0 aliphatic carbocycles. The summed E-state index contributed by atoms with van der Waals surface area (Å²) < 4.78 is 1.90. The first-order chi connectivity index (χ1) is 10.7. The summed E-state index contributed by atoms with van der Waals surface area (Å²) in [6.45, 7) is 3.01.